The Morgan fingerprint density at radius 3 is 2.73 bits per heavy atom. The third-order valence-corrected chi connectivity index (χ3v) is 5.78. The molecule has 30 heavy (non-hydrogen) atoms. The molecule has 1 aliphatic rings. The van der Waals surface area contributed by atoms with E-state index < -0.39 is 0 Å². The van der Waals surface area contributed by atoms with Crippen LogP contribution in [0.4, 0.5) is 10.3 Å². The summed E-state index contributed by atoms with van der Waals surface area (Å²) >= 11 is 1.66. The summed E-state index contributed by atoms with van der Waals surface area (Å²) in [6.45, 7) is 0.714. The van der Waals surface area contributed by atoms with Crippen molar-refractivity contribution < 1.29 is 9.13 Å². The van der Waals surface area contributed by atoms with Crippen molar-refractivity contribution in [3.63, 3.8) is 0 Å². The van der Waals surface area contributed by atoms with E-state index in [0.717, 1.165) is 23.8 Å². The molecule has 0 amide bonds. The van der Waals surface area contributed by atoms with Gasteiger partial charge in [-0.15, -0.1) is 10.2 Å². The molecule has 2 aromatic heterocycles. The summed E-state index contributed by atoms with van der Waals surface area (Å²) in [6.07, 6.45) is 10.4. The first kappa shape index (κ1) is 20.6. The molecule has 4 rings (SSSR count). The molecule has 3 aromatic rings. The molecule has 0 unspecified atom stereocenters. The molecule has 1 fully saturated rings. The zero-order valence-corrected chi connectivity index (χ0v) is 17.7. The number of hydrogen-bond donors (Lipinski definition) is 1. The molecule has 2 heterocycles. The number of halogens is 1. The second kappa shape index (κ2) is 9.88. The van der Waals surface area contributed by atoms with Crippen molar-refractivity contribution in [2.45, 2.75) is 49.7 Å². The summed E-state index contributed by atoms with van der Waals surface area (Å²) in [5.74, 6) is 2.18. The van der Waals surface area contributed by atoms with E-state index in [1.54, 1.807) is 36.2 Å². The van der Waals surface area contributed by atoms with Gasteiger partial charge < -0.3 is 14.6 Å². The summed E-state index contributed by atoms with van der Waals surface area (Å²) in [5, 5.41) is 13.0. The van der Waals surface area contributed by atoms with E-state index in [2.05, 4.69) is 36.3 Å². The summed E-state index contributed by atoms with van der Waals surface area (Å²) in [6, 6.07) is 8.03. The van der Waals surface area contributed by atoms with Crippen LogP contribution in [0, 0.1) is 5.82 Å². The van der Waals surface area contributed by atoms with Gasteiger partial charge in [-0.1, -0.05) is 24.6 Å². The minimum Gasteiger partial charge on any atom is -0.439 e. The van der Waals surface area contributed by atoms with Gasteiger partial charge in [0.2, 0.25) is 11.8 Å². The van der Waals surface area contributed by atoms with E-state index in [1.807, 2.05) is 0 Å². The van der Waals surface area contributed by atoms with Crippen LogP contribution in [0.2, 0.25) is 0 Å². The summed E-state index contributed by atoms with van der Waals surface area (Å²) in [4.78, 5) is 8.60. The van der Waals surface area contributed by atoms with Crippen molar-refractivity contribution in [2.75, 3.05) is 18.1 Å². The predicted molar refractivity (Wildman–Crippen MR) is 115 cm³/mol. The second-order valence-corrected chi connectivity index (χ2v) is 7.99. The van der Waals surface area contributed by atoms with Gasteiger partial charge in [0.1, 0.15) is 17.4 Å². The Hall–Kier alpha value is -2.68. The van der Waals surface area contributed by atoms with Crippen LogP contribution >= 0.6 is 11.8 Å². The molecule has 7 nitrogen and oxygen atoms in total. The number of hydrogen-bond acceptors (Lipinski definition) is 7. The van der Waals surface area contributed by atoms with Gasteiger partial charge >= 0.3 is 0 Å². The zero-order chi connectivity index (χ0) is 20.8. The van der Waals surface area contributed by atoms with Crippen LogP contribution in [0.1, 0.15) is 44.0 Å². The quantitative estimate of drug-likeness (QED) is 0.384. The van der Waals surface area contributed by atoms with Crippen molar-refractivity contribution >= 4 is 17.7 Å². The van der Waals surface area contributed by atoms with E-state index in [-0.39, 0.29) is 5.82 Å². The number of ether oxygens (including phenoxy) is 1. The van der Waals surface area contributed by atoms with Gasteiger partial charge in [-0.05, 0) is 49.8 Å². The molecule has 9 heteroatoms. The van der Waals surface area contributed by atoms with Gasteiger partial charge in [-0.2, -0.15) is 4.98 Å². The molecule has 0 radical (unpaired) electrons. The molecule has 0 saturated heterocycles. The molecule has 0 bridgehead atoms. The van der Waals surface area contributed by atoms with Gasteiger partial charge in [0.25, 0.3) is 0 Å². The molecule has 1 aliphatic carbocycles. The largest absolute Gasteiger partial charge is 0.439 e. The summed E-state index contributed by atoms with van der Waals surface area (Å²) in [7, 11) is 0. The van der Waals surface area contributed by atoms with E-state index in [9.17, 15) is 4.39 Å². The lowest BCUT2D eigenvalue weighted by atomic mass is 10.2. The van der Waals surface area contributed by atoms with Crippen molar-refractivity contribution in [3.05, 3.63) is 48.2 Å². The first-order chi connectivity index (χ1) is 14.7. The average Bonchev–Trinajstić information content (AvgIpc) is 3.42. The van der Waals surface area contributed by atoms with Crippen LogP contribution < -0.4 is 10.1 Å². The van der Waals surface area contributed by atoms with Crippen molar-refractivity contribution in [1.29, 1.82) is 0 Å². The fourth-order valence-corrected chi connectivity index (χ4v) is 4.27. The molecule has 158 valence electrons. The molecule has 0 spiro atoms. The highest BCUT2D eigenvalue weighted by Gasteiger charge is 2.23. The topological polar surface area (TPSA) is 77.8 Å². The number of aromatic nitrogens is 5. The Balaban J connectivity index is 1.31. The van der Waals surface area contributed by atoms with Crippen molar-refractivity contribution in [1.82, 2.24) is 24.7 Å². The Labute approximate surface area is 179 Å². The Morgan fingerprint density at radius 2 is 1.97 bits per heavy atom. The van der Waals surface area contributed by atoms with Gasteiger partial charge in [0.15, 0.2) is 5.16 Å². The Bertz CT molecular complexity index is 958. The maximum absolute atomic E-state index is 13.0. The van der Waals surface area contributed by atoms with Gasteiger partial charge in [-0.25, -0.2) is 9.37 Å². The van der Waals surface area contributed by atoms with E-state index in [1.165, 1.54) is 37.8 Å². The third kappa shape index (κ3) is 5.08. The standard InChI is InChI=1S/C21H25FN6OS/c1-30-21-27-26-18(28(21)16-5-2-3-6-16)7-4-13-23-20-24-14-12-19(25-20)29-17-10-8-15(22)9-11-17/h8-12,14,16H,2-7,13H2,1H3,(H,23,24,25). The van der Waals surface area contributed by atoms with Crippen LogP contribution in [0.3, 0.4) is 0 Å². The van der Waals surface area contributed by atoms with Gasteiger partial charge in [0.05, 0.1) is 0 Å². The highest BCUT2D eigenvalue weighted by Crippen LogP contribution is 2.33. The molecule has 0 aliphatic heterocycles. The lowest BCUT2D eigenvalue weighted by molar-refractivity contribution is 0.459. The number of benzene rings is 1. The fourth-order valence-electron chi connectivity index (χ4n) is 3.70. The predicted octanol–water partition coefficient (Wildman–Crippen LogP) is 4.88. The molecular formula is C21H25FN6OS. The number of thioether (sulfide) groups is 1. The summed E-state index contributed by atoms with van der Waals surface area (Å²) < 4.78 is 21.0. The maximum atomic E-state index is 13.0. The third-order valence-electron chi connectivity index (χ3n) is 5.13. The molecule has 1 aromatic carbocycles. The van der Waals surface area contributed by atoms with Crippen molar-refractivity contribution in [2.24, 2.45) is 0 Å². The number of anilines is 1. The van der Waals surface area contributed by atoms with Crippen LogP contribution in [0.15, 0.2) is 41.7 Å². The minimum atomic E-state index is -0.305. The molecular weight excluding hydrogens is 403 g/mol. The monoisotopic (exact) mass is 428 g/mol. The molecule has 0 atom stereocenters. The summed E-state index contributed by atoms with van der Waals surface area (Å²) in [5.41, 5.74) is 0. The van der Waals surface area contributed by atoms with Crippen molar-refractivity contribution in [3.8, 4) is 11.6 Å². The maximum Gasteiger partial charge on any atom is 0.225 e. The number of rotatable bonds is 9. The average molecular weight is 429 g/mol. The Kier molecular flexibility index (Phi) is 6.78. The lowest BCUT2D eigenvalue weighted by Crippen LogP contribution is -2.12. The first-order valence-electron chi connectivity index (χ1n) is 10.2. The van der Waals surface area contributed by atoms with Crippen LogP contribution in [-0.4, -0.2) is 37.5 Å². The highest BCUT2D eigenvalue weighted by atomic mass is 32.2. The zero-order valence-electron chi connectivity index (χ0n) is 16.9. The minimum absolute atomic E-state index is 0.305. The smallest absolute Gasteiger partial charge is 0.225 e. The normalized spacial score (nSPS) is 14.2. The highest BCUT2D eigenvalue weighted by molar-refractivity contribution is 7.98. The van der Waals surface area contributed by atoms with Gasteiger partial charge in [0, 0.05) is 31.3 Å². The number of nitrogens with one attached hydrogen (secondary N) is 1. The first-order valence-corrected chi connectivity index (χ1v) is 11.4. The van der Waals surface area contributed by atoms with Crippen LogP contribution in [-0.2, 0) is 6.42 Å². The number of aryl methyl sites for hydroxylation is 1. The van der Waals surface area contributed by atoms with E-state index in [4.69, 9.17) is 4.74 Å². The van der Waals surface area contributed by atoms with Crippen LogP contribution in [0.25, 0.3) is 0 Å². The Morgan fingerprint density at radius 1 is 1.17 bits per heavy atom. The number of nitrogens with zero attached hydrogens (tertiary/aromatic N) is 5. The SMILES string of the molecule is CSc1nnc(CCCNc2nccc(Oc3ccc(F)cc3)n2)n1C1CCCC1. The van der Waals surface area contributed by atoms with E-state index in [0.29, 0.717) is 30.2 Å². The molecule has 1 N–H and O–H groups in total. The van der Waals surface area contributed by atoms with Crippen LogP contribution in [0.5, 0.6) is 11.6 Å². The second-order valence-electron chi connectivity index (χ2n) is 7.22. The van der Waals surface area contributed by atoms with E-state index >= 15 is 0 Å². The fraction of sp³-hybridized carbons (Fsp3) is 0.429. The molecule has 1 saturated carbocycles. The van der Waals surface area contributed by atoms with Gasteiger partial charge in [-0.3, -0.25) is 0 Å². The lowest BCUT2D eigenvalue weighted by Gasteiger charge is -2.16.